The minimum Gasteiger partial charge on any atom is -0.319 e. The molecule has 2 aromatic heterocycles. The summed E-state index contributed by atoms with van der Waals surface area (Å²) in [5.41, 5.74) is -0.380. The Bertz CT molecular complexity index is 453. The second kappa shape index (κ2) is 5.08. The quantitative estimate of drug-likeness (QED) is 0.643. The van der Waals surface area contributed by atoms with Gasteiger partial charge in [0, 0.05) is 31.9 Å². The Morgan fingerprint density at radius 1 is 1.31 bits per heavy atom. The van der Waals surface area contributed by atoms with E-state index in [2.05, 4.69) is 11.1 Å². The molecule has 1 radical (unpaired) electrons. The molecule has 0 unspecified atom stereocenters. The average molecular weight is 420 g/mol. The third-order valence-corrected chi connectivity index (χ3v) is 2.62. The molecule has 0 aliphatic carbocycles. The van der Waals surface area contributed by atoms with Crippen LogP contribution in [0.1, 0.15) is 5.56 Å². The summed E-state index contributed by atoms with van der Waals surface area (Å²) in [5, 5.41) is 1.75. The molecule has 6 heteroatoms. The molecule has 0 amide bonds. The fourth-order valence-electron chi connectivity index (χ4n) is 1.11. The minimum absolute atomic E-state index is 0. The molecule has 1 nitrogen and oxygen atoms in total. The first kappa shape index (κ1) is 13.4. The average Bonchev–Trinajstić information content (AvgIpc) is 2.69. The summed E-state index contributed by atoms with van der Waals surface area (Å²) >= 11 is 1.31. The summed E-state index contributed by atoms with van der Waals surface area (Å²) in [6.07, 6.45) is -3.17. The Morgan fingerprint density at radius 3 is 2.62 bits per heavy atom. The van der Waals surface area contributed by atoms with Gasteiger partial charge in [0.1, 0.15) is 0 Å². The fraction of sp³-hybridized carbons (Fsp3) is 0.100. The summed E-state index contributed by atoms with van der Waals surface area (Å²) in [4.78, 5) is 4.49. The number of hydrogen-bond donors (Lipinski definition) is 0. The van der Waals surface area contributed by atoms with Gasteiger partial charge in [0.2, 0.25) is 0 Å². The van der Waals surface area contributed by atoms with E-state index in [1.54, 1.807) is 11.4 Å². The van der Waals surface area contributed by atoms with Gasteiger partial charge < -0.3 is 4.98 Å². The van der Waals surface area contributed by atoms with Crippen molar-refractivity contribution in [2.45, 2.75) is 6.18 Å². The van der Waals surface area contributed by atoms with Gasteiger partial charge in [-0.3, -0.25) is 0 Å². The smallest absolute Gasteiger partial charge is 0.319 e. The monoisotopic (exact) mass is 421 g/mol. The standard InChI is InChI=1S/C10H5F3NS.Ir/c11-10(12,13)7-3-4-14-8(6-7)9-2-1-5-15-9;/h1,3-6H;/q-1;. The first-order valence-corrected chi connectivity index (χ1v) is 4.94. The zero-order chi connectivity index (χ0) is 10.9. The van der Waals surface area contributed by atoms with Gasteiger partial charge in [0.15, 0.2) is 0 Å². The van der Waals surface area contributed by atoms with Crippen molar-refractivity contribution in [2.75, 3.05) is 0 Å². The van der Waals surface area contributed by atoms with Crippen LogP contribution in [0.15, 0.2) is 29.8 Å². The molecule has 2 rings (SSSR count). The van der Waals surface area contributed by atoms with Crippen molar-refractivity contribution >= 4 is 11.3 Å². The van der Waals surface area contributed by atoms with Crippen LogP contribution in [0.2, 0.25) is 0 Å². The zero-order valence-corrected chi connectivity index (χ0v) is 10.9. The van der Waals surface area contributed by atoms with Crippen LogP contribution in [0, 0.1) is 6.07 Å². The van der Waals surface area contributed by atoms with Gasteiger partial charge in [-0.1, -0.05) is 10.9 Å². The molecule has 0 saturated heterocycles. The number of nitrogens with zero attached hydrogens (tertiary/aromatic N) is 1. The summed E-state index contributed by atoms with van der Waals surface area (Å²) in [5.74, 6) is 0. The topological polar surface area (TPSA) is 12.9 Å². The third-order valence-electron chi connectivity index (χ3n) is 1.79. The number of alkyl halides is 3. The molecular weight excluding hydrogens is 415 g/mol. The van der Waals surface area contributed by atoms with E-state index < -0.39 is 11.7 Å². The van der Waals surface area contributed by atoms with E-state index in [0.717, 1.165) is 18.3 Å². The van der Waals surface area contributed by atoms with Crippen molar-refractivity contribution in [3.05, 3.63) is 41.4 Å². The predicted octanol–water partition coefficient (Wildman–Crippen LogP) is 3.63. The second-order valence-corrected chi connectivity index (χ2v) is 3.74. The molecule has 0 aliphatic heterocycles. The molecule has 0 bridgehead atoms. The summed E-state index contributed by atoms with van der Waals surface area (Å²) < 4.78 is 37.1. The molecule has 0 aromatic carbocycles. The number of pyridine rings is 1. The van der Waals surface area contributed by atoms with Crippen LogP contribution in [0.3, 0.4) is 0 Å². The minimum atomic E-state index is -4.32. The van der Waals surface area contributed by atoms with Crippen molar-refractivity contribution in [3.8, 4) is 10.6 Å². The normalized spacial score (nSPS) is 10.9. The summed E-state index contributed by atoms with van der Waals surface area (Å²) in [6.45, 7) is 0. The Kier molecular flexibility index (Phi) is 4.24. The van der Waals surface area contributed by atoms with Gasteiger partial charge in [-0.15, -0.1) is 5.38 Å². The molecular formula is C10H5F3IrNS-. The van der Waals surface area contributed by atoms with E-state index >= 15 is 0 Å². The van der Waals surface area contributed by atoms with Gasteiger partial charge in [0.05, 0.1) is 0 Å². The van der Waals surface area contributed by atoms with Crippen molar-refractivity contribution in [1.29, 1.82) is 0 Å². The van der Waals surface area contributed by atoms with Crippen LogP contribution >= 0.6 is 11.3 Å². The number of hydrogen-bond acceptors (Lipinski definition) is 2. The van der Waals surface area contributed by atoms with Crippen LogP contribution in [-0.2, 0) is 26.3 Å². The largest absolute Gasteiger partial charge is 0.415 e. The van der Waals surface area contributed by atoms with E-state index in [4.69, 9.17) is 0 Å². The first-order valence-electron chi connectivity index (χ1n) is 4.06. The van der Waals surface area contributed by atoms with Crippen LogP contribution in [0.4, 0.5) is 13.2 Å². The maximum Gasteiger partial charge on any atom is 0.415 e. The maximum atomic E-state index is 12.4. The van der Waals surface area contributed by atoms with Gasteiger partial charge in [-0.05, 0) is 11.8 Å². The molecule has 0 fully saturated rings. The van der Waals surface area contributed by atoms with E-state index in [9.17, 15) is 13.2 Å². The van der Waals surface area contributed by atoms with E-state index in [1.165, 1.54) is 11.3 Å². The molecule has 0 N–H and O–H groups in total. The number of thiophene rings is 1. The van der Waals surface area contributed by atoms with Crippen LogP contribution in [0.25, 0.3) is 10.6 Å². The van der Waals surface area contributed by atoms with Gasteiger partial charge >= 0.3 is 6.18 Å². The fourth-order valence-corrected chi connectivity index (χ4v) is 1.75. The van der Waals surface area contributed by atoms with Crippen molar-refractivity contribution in [3.63, 3.8) is 0 Å². The molecule has 0 spiro atoms. The number of halogens is 3. The van der Waals surface area contributed by atoms with E-state index in [1.807, 2.05) is 0 Å². The van der Waals surface area contributed by atoms with Crippen molar-refractivity contribution in [1.82, 2.24) is 4.98 Å². The number of rotatable bonds is 1. The molecule has 87 valence electrons. The Balaban J connectivity index is 0.00000128. The summed E-state index contributed by atoms with van der Waals surface area (Å²) in [7, 11) is 0. The molecule has 0 saturated carbocycles. The van der Waals surface area contributed by atoms with Crippen LogP contribution in [-0.4, -0.2) is 4.98 Å². The van der Waals surface area contributed by atoms with Crippen molar-refractivity contribution < 1.29 is 33.3 Å². The molecule has 0 aliphatic rings. The molecule has 2 heterocycles. The molecule has 16 heavy (non-hydrogen) atoms. The summed E-state index contributed by atoms with van der Waals surface area (Å²) in [6, 6.07) is 6.46. The van der Waals surface area contributed by atoms with Crippen LogP contribution < -0.4 is 0 Å². The molecule has 2 aromatic rings. The molecule has 0 atom stereocenters. The predicted molar refractivity (Wildman–Crippen MR) is 51.4 cm³/mol. The first-order chi connectivity index (χ1) is 7.07. The Morgan fingerprint density at radius 2 is 2.06 bits per heavy atom. The van der Waals surface area contributed by atoms with Crippen LogP contribution in [0.5, 0.6) is 0 Å². The SMILES string of the molecule is FC(F)(F)c1ccnc(-c2[c-]ccs2)c1.[Ir]. The Hall–Kier alpha value is -0.711. The van der Waals surface area contributed by atoms with Gasteiger partial charge in [-0.25, -0.2) is 11.3 Å². The maximum absolute atomic E-state index is 12.4. The van der Waals surface area contributed by atoms with Gasteiger partial charge in [0.25, 0.3) is 0 Å². The van der Waals surface area contributed by atoms with Gasteiger partial charge in [-0.2, -0.15) is 25.3 Å². The van der Waals surface area contributed by atoms with Crippen molar-refractivity contribution in [2.24, 2.45) is 0 Å². The third kappa shape index (κ3) is 2.90. The number of aromatic nitrogens is 1. The van der Waals surface area contributed by atoms with E-state index in [-0.39, 0.29) is 20.1 Å². The second-order valence-electron chi connectivity index (χ2n) is 2.82. The van der Waals surface area contributed by atoms with E-state index in [0.29, 0.717) is 10.6 Å². The Labute approximate surface area is 108 Å². The zero-order valence-electron chi connectivity index (χ0n) is 7.71.